The van der Waals surface area contributed by atoms with Gasteiger partial charge >= 0.3 is 0 Å². The molecule has 4 nitrogen and oxygen atoms in total. The van der Waals surface area contributed by atoms with Crippen molar-refractivity contribution in [2.45, 2.75) is 63.1 Å². The van der Waals surface area contributed by atoms with E-state index in [1.807, 2.05) is 44.2 Å². The highest BCUT2D eigenvalue weighted by Gasteiger charge is 2.55. The van der Waals surface area contributed by atoms with Gasteiger partial charge in [-0.2, -0.15) is 0 Å². The fourth-order valence-corrected chi connectivity index (χ4v) is 5.49. The molecule has 1 amide bonds. The van der Waals surface area contributed by atoms with Crippen LogP contribution in [0, 0.1) is 17.8 Å². The third-order valence-electron chi connectivity index (χ3n) is 6.34. The zero-order valence-corrected chi connectivity index (χ0v) is 14.6. The molecule has 0 spiro atoms. The molecular weight excluding hydrogens is 300 g/mol. The summed E-state index contributed by atoms with van der Waals surface area (Å²) in [5, 5.41) is 17.3. The number of amides is 1. The van der Waals surface area contributed by atoms with E-state index < -0.39 is 11.1 Å². The lowest BCUT2D eigenvalue weighted by atomic mass is 9.52. The van der Waals surface area contributed by atoms with E-state index in [-0.39, 0.29) is 11.9 Å². The summed E-state index contributed by atoms with van der Waals surface area (Å²) in [5.41, 5.74) is -0.153. The van der Waals surface area contributed by atoms with Gasteiger partial charge in [-0.15, -0.1) is 0 Å². The molecule has 0 aromatic heterocycles. The van der Waals surface area contributed by atoms with Crippen molar-refractivity contribution in [3.05, 3.63) is 30.3 Å². The van der Waals surface area contributed by atoms with E-state index in [9.17, 15) is 9.90 Å². The van der Waals surface area contributed by atoms with E-state index in [0.717, 1.165) is 37.8 Å². The highest BCUT2D eigenvalue weighted by atomic mass is 16.3. The standard InChI is InChI=1S/C20H28N2O2/c1-19(2,22-16-6-4-3-5-7-16)18(23)21-17-14-8-13-9-15(17)12-20(24,10-13)11-14/h3-7,13-15,17,22,24H,8-12H2,1-2H3,(H,21,23)/t13?,14-,15+,17+,20+. The normalized spacial score (nSPS) is 37.3. The maximum absolute atomic E-state index is 12.9. The van der Waals surface area contributed by atoms with Gasteiger partial charge in [0.1, 0.15) is 5.54 Å². The summed E-state index contributed by atoms with van der Waals surface area (Å²) in [4.78, 5) is 12.9. The zero-order chi connectivity index (χ0) is 16.9. The van der Waals surface area contributed by atoms with Crippen molar-refractivity contribution in [3.8, 4) is 0 Å². The van der Waals surface area contributed by atoms with Crippen LogP contribution in [0.15, 0.2) is 30.3 Å². The van der Waals surface area contributed by atoms with Crippen LogP contribution in [0.25, 0.3) is 0 Å². The number of carbonyl (C=O) groups excluding carboxylic acids is 1. The van der Waals surface area contributed by atoms with E-state index in [2.05, 4.69) is 10.6 Å². The maximum Gasteiger partial charge on any atom is 0.245 e. The van der Waals surface area contributed by atoms with Gasteiger partial charge in [0, 0.05) is 11.7 Å². The Hall–Kier alpha value is -1.55. The van der Waals surface area contributed by atoms with E-state index in [4.69, 9.17) is 0 Å². The molecule has 4 aliphatic carbocycles. The summed E-state index contributed by atoms with van der Waals surface area (Å²) in [5.74, 6) is 1.60. The number of hydrogen-bond donors (Lipinski definition) is 3. The molecule has 0 radical (unpaired) electrons. The topological polar surface area (TPSA) is 61.4 Å². The van der Waals surface area contributed by atoms with Crippen LogP contribution >= 0.6 is 0 Å². The molecule has 1 unspecified atom stereocenters. The van der Waals surface area contributed by atoms with Crippen molar-refractivity contribution in [2.75, 3.05) is 5.32 Å². The molecular formula is C20H28N2O2. The lowest BCUT2D eigenvalue weighted by Crippen LogP contribution is -2.63. The van der Waals surface area contributed by atoms with Crippen molar-refractivity contribution in [3.63, 3.8) is 0 Å². The molecule has 24 heavy (non-hydrogen) atoms. The number of rotatable bonds is 4. The van der Waals surface area contributed by atoms with E-state index in [1.54, 1.807) is 0 Å². The molecule has 0 aliphatic heterocycles. The molecule has 4 saturated carbocycles. The molecule has 1 aromatic carbocycles. The Balaban J connectivity index is 1.44. The van der Waals surface area contributed by atoms with Gasteiger partial charge in [-0.3, -0.25) is 4.79 Å². The van der Waals surface area contributed by atoms with Gasteiger partial charge < -0.3 is 15.7 Å². The van der Waals surface area contributed by atoms with Gasteiger partial charge in [-0.05, 0) is 75.8 Å². The molecule has 3 N–H and O–H groups in total. The Morgan fingerprint density at radius 1 is 1.12 bits per heavy atom. The van der Waals surface area contributed by atoms with Gasteiger partial charge in [0.15, 0.2) is 0 Å². The molecule has 0 heterocycles. The van der Waals surface area contributed by atoms with Crippen LogP contribution < -0.4 is 10.6 Å². The Morgan fingerprint density at radius 2 is 1.75 bits per heavy atom. The Bertz CT molecular complexity index is 612. The lowest BCUT2D eigenvalue weighted by Gasteiger charge is -2.58. The van der Waals surface area contributed by atoms with Crippen LogP contribution in [0.3, 0.4) is 0 Å². The third-order valence-corrected chi connectivity index (χ3v) is 6.34. The number of benzene rings is 1. The van der Waals surface area contributed by atoms with Crippen LogP contribution in [0.4, 0.5) is 5.69 Å². The number of hydrogen-bond acceptors (Lipinski definition) is 3. The molecule has 0 saturated heterocycles. The van der Waals surface area contributed by atoms with E-state index in [0.29, 0.717) is 17.8 Å². The van der Waals surface area contributed by atoms with Crippen molar-refractivity contribution < 1.29 is 9.90 Å². The highest BCUT2D eigenvalue weighted by Crippen LogP contribution is 2.55. The van der Waals surface area contributed by atoms with Crippen LogP contribution in [-0.2, 0) is 4.79 Å². The monoisotopic (exact) mass is 328 g/mol. The van der Waals surface area contributed by atoms with E-state index in [1.165, 1.54) is 0 Å². The molecule has 4 fully saturated rings. The third kappa shape index (κ3) is 2.81. The van der Waals surface area contributed by atoms with Crippen molar-refractivity contribution in [1.82, 2.24) is 5.32 Å². The van der Waals surface area contributed by atoms with Crippen molar-refractivity contribution >= 4 is 11.6 Å². The number of para-hydroxylation sites is 1. The van der Waals surface area contributed by atoms with Gasteiger partial charge in [0.2, 0.25) is 5.91 Å². The first kappa shape index (κ1) is 15.9. The van der Waals surface area contributed by atoms with Gasteiger partial charge in [0.25, 0.3) is 0 Å². The SMILES string of the molecule is CC(C)(Nc1ccccc1)C(=O)N[C@H]1[C@@H]2CC3C[C@H]1C[C@](O)(C3)C2. The summed E-state index contributed by atoms with van der Waals surface area (Å²) in [6, 6.07) is 10.1. The minimum Gasteiger partial charge on any atom is -0.390 e. The number of carbonyl (C=O) groups is 1. The Kier molecular flexibility index (Phi) is 3.64. The number of nitrogens with one attached hydrogen (secondary N) is 2. The Morgan fingerprint density at radius 3 is 2.33 bits per heavy atom. The average Bonchev–Trinajstić information content (AvgIpc) is 2.49. The summed E-state index contributed by atoms with van der Waals surface area (Å²) < 4.78 is 0. The van der Waals surface area contributed by atoms with Crippen LogP contribution in [-0.4, -0.2) is 28.2 Å². The molecule has 1 aromatic rings. The largest absolute Gasteiger partial charge is 0.390 e. The first-order valence-corrected chi connectivity index (χ1v) is 9.21. The lowest BCUT2D eigenvalue weighted by molar-refractivity contribution is -0.148. The zero-order valence-electron chi connectivity index (χ0n) is 14.6. The molecule has 4 aliphatic rings. The van der Waals surface area contributed by atoms with Gasteiger partial charge in [-0.1, -0.05) is 18.2 Å². The van der Waals surface area contributed by atoms with Gasteiger partial charge in [0.05, 0.1) is 5.60 Å². The minimum absolute atomic E-state index is 0.0517. The van der Waals surface area contributed by atoms with Crippen LogP contribution in [0.2, 0.25) is 0 Å². The second kappa shape index (κ2) is 5.48. The smallest absolute Gasteiger partial charge is 0.245 e. The van der Waals surface area contributed by atoms with E-state index >= 15 is 0 Å². The number of aliphatic hydroxyl groups is 1. The van der Waals surface area contributed by atoms with Crippen molar-refractivity contribution in [1.29, 1.82) is 0 Å². The fraction of sp³-hybridized carbons (Fsp3) is 0.650. The second-order valence-electron chi connectivity index (χ2n) is 8.81. The highest BCUT2D eigenvalue weighted by molar-refractivity contribution is 5.88. The minimum atomic E-state index is -0.660. The molecule has 4 bridgehead atoms. The second-order valence-corrected chi connectivity index (χ2v) is 8.81. The first-order chi connectivity index (χ1) is 11.3. The average molecular weight is 328 g/mol. The predicted octanol–water partition coefficient (Wildman–Crippen LogP) is 2.93. The summed E-state index contributed by atoms with van der Waals surface area (Å²) in [7, 11) is 0. The first-order valence-electron chi connectivity index (χ1n) is 9.21. The molecule has 4 heteroatoms. The quantitative estimate of drug-likeness (QED) is 0.796. The van der Waals surface area contributed by atoms with Crippen molar-refractivity contribution in [2.24, 2.45) is 17.8 Å². The predicted molar refractivity (Wildman–Crippen MR) is 94.6 cm³/mol. The molecule has 5 atom stereocenters. The fourth-order valence-electron chi connectivity index (χ4n) is 5.49. The Labute approximate surface area is 144 Å². The van der Waals surface area contributed by atoms with Gasteiger partial charge in [-0.25, -0.2) is 0 Å². The molecule has 5 rings (SSSR count). The van der Waals surface area contributed by atoms with Crippen LogP contribution in [0.1, 0.15) is 46.0 Å². The van der Waals surface area contributed by atoms with Crippen LogP contribution in [0.5, 0.6) is 0 Å². The number of anilines is 1. The summed E-state index contributed by atoms with van der Waals surface area (Å²) in [6.07, 6.45) is 5.02. The summed E-state index contributed by atoms with van der Waals surface area (Å²) >= 11 is 0. The molecule has 130 valence electrons. The maximum atomic E-state index is 12.9. The summed E-state index contributed by atoms with van der Waals surface area (Å²) in [6.45, 7) is 3.86.